The van der Waals surface area contributed by atoms with E-state index in [4.69, 9.17) is 0 Å². The normalized spacial score (nSPS) is 4.36. The summed E-state index contributed by atoms with van der Waals surface area (Å²) in [7, 11) is 0. The molecule has 0 fully saturated rings. The molecule has 0 nitrogen and oxygen atoms in total. The monoisotopic (exact) mass is 230 g/mol. The van der Waals surface area contributed by atoms with Gasteiger partial charge in [0.25, 0.3) is 0 Å². The summed E-state index contributed by atoms with van der Waals surface area (Å²) in [6.07, 6.45) is 0. The Labute approximate surface area is 118 Å². The van der Waals surface area contributed by atoms with E-state index in [1.54, 1.807) is 0 Å². The van der Waals surface area contributed by atoms with Crippen LogP contribution in [0.15, 0.2) is 30.3 Å². The molecule has 0 spiro atoms. The van der Waals surface area contributed by atoms with Crippen LogP contribution < -0.4 is 37.2 Å². The minimum atomic E-state index is 0. The van der Waals surface area contributed by atoms with Gasteiger partial charge < -0.3 is 37.2 Å². The molecule has 0 aliphatic heterocycles. The molecule has 0 radical (unpaired) electrons. The summed E-state index contributed by atoms with van der Waals surface area (Å²) in [4.78, 5) is 0. The molecule has 0 heterocycles. The average Bonchev–Trinajstić information content (AvgIpc) is 1.72. The molecular weight excluding hydrogens is 227 g/mol. The topological polar surface area (TPSA) is 0 Å². The van der Waals surface area contributed by atoms with E-state index in [0.29, 0.717) is 0 Å². The van der Waals surface area contributed by atoms with Gasteiger partial charge in [-0.2, -0.15) is 36.4 Å². The molecule has 1 aromatic carbocycles. The van der Waals surface area contributed by atoms with Gasteiger partial charge in [0.1, 0.15) is 0 Å². The Morgan fingerprint density at radius 3 is 1.09 bits per heavy atom. The van der Waals surface area contributed by atoms with Crippen LogP contribution in [-0.4, -0.2) is 46.1 Å². The number of rotatable bonds is 0. The number of halogens is 3. The summed E-state index contributed by atoms with van der Waals surface area (Å²) >= 11 is 0. The predicted molar refractivity (Wildman–Crippen MR) is 36.8 cm³/mol. The van der Waals surface area contributed by atoms with Crippen LogP contribution >= 0.6 is 0 Å². The van der Waals surface area contributed by atoms with E-state index >= 15 is 0 Å². The first kappa shape index (κ1) is 29.3. The van der Waals surface area contributed by atoms with Crippen molar-refractivity contribution in [2.75, 3.05) is 0 Å². The fourth-order valence-corrected chi connectivity index (χ4v) is 0.342. The summed E-state index contributed by atoms with van der Waals surface area (Å²) in [5, 5.41) is 0. The fraction of sp³-hybridized carbons (Fsp3) is 0. The molecule has 0 N–H and O–H groups in total. The molecule has 1 aromatic rings. The molecule has 1 rings (SSSR count). The first-order valence-electron chi connectivity index (χ1n) is 1.91. The van der Waals surface area contributed by atoms with Crippen LogP contribution in [0.4, 0.5) is 0 Å². The molecule has 54 valence electrons. The van der Waals surface area contributed by atoms with Crippen molar-refractivity contribution in [1.82, 2.24) is 0 Å². The molecular formula is C6H5Cl3Mg2. The van der Waals surface area contributed by atoms with Gasteiger partial charge in [-0.25, -0.2) is 0 Å². The Kier molecular flexibility index (Phi) is 60.2. The second-order valence-electron chi connectivity index (χ2n) is 1.08. The van der Waals surface area contributed by atoms with Crippen molar-refractivity contribution < 1.29 is 37.2 Å². The van der Waals surface area contributed by atoms with Crippen LogP contribution in [0.3, 0.4) is 0 Å². The van der Waals surface area contributed by atoms with Crippen molar-refractivity contribution in [1.29, 1.82) is 0 Å². The Balaban J connectivity index is -0.0000000240. The third-order valence-corrected chi connectivity index (χ3v) is 0.607. The zero-order valence-corrected chi connectivity index (χ0v) is 11.0. The van der Waals surface area contributed by atoms with Crippen LogP contribution in [0, 0.1) is 6.07 Å². The molecule has 0 aliphatic carbocycles. The molecule has 0 aromatic heterocycles. The maximum absolute atomic E-state index is 2.89. The van der Waals surface area contributed by atoms with Gasteiger partial charge in [0, 0.05) is 0 Å². The average molecular weight is 232 g/mol. The number of benzene rings is 1. The molecule has 0 bridgehead atoms. The van der Waals surface area contributed by atoms with Gasteiger partial charge in [-0.05, 0) is 0 Å². The first-order valence-corrected chi connectivity index (χ1v) is 1.91. The Hall–Kier alpha value is 1.62. The third kappa shape index (κ3) is 18.5. The van der Waals surface area contributed by atoms with E-state index in [0.717, 1.165) is 0 Å². The van der Waals surface area contributed by atoms with E-state index in [1.807, 2.05) is 30.3 Å². The standard InChI is InChI=1S/C6H5.3ClH.2Mg/c1-2-4-6-5-3-1;;;;;/h1-5H;3*1H;;/q-1;;;;2*+2/p-3. The smallest absolute Gasteiger partial charge is 1.00 e. The molecule has 0 unspecified atom stereocenters. The van der Waals surface area contributed by atoms with E-state index in [9.17, 15) is 0 Å². The Morgan fingerprint density at radius 2 is 1.00 bits per heavy atom. The second-order valence-corrected chi connectivity index (χ2v) is 1.08. The molecule has 0 atom stereocenters. The summed E-state index contributed by atoms with van der Waals surface area (Å²) in [6, 6.07) is 12.5. The number of hydrogen-bond acceptors (Lipinski definition) is 0. The Bertz CT molecular complexity index is 87.8. The van der Waals surface area contributed by atoms with Gasteiger partial charge in [-0.3, -0.25) is 0 Å². The molecule has 0 amide bonds. The predicted octanol–water partition coefficient (Wildman–Crippen LogP) is -8.26. The van der Waals surface area contributed by atoms with E-state index < -0.39 is 0 Å². The van der Waals surface area contributed by atoms with Crippen LogP contribution in [0.2, 0.25) is 0 Å². The minimum Gasteiger partial charge on any atom is -1.00 e. The van der Waals surface area contributed by atoms with Crippen LogP contribution in [0.5, 0.6) is 0 Å². The van der Waals surface area contributed by atoms with Crippen LogP contribution in [0.25, 0.3) is 0 Å². The van der Waals surface area contributed by atoms with Gasteiger partial charge in [0.05, 0.1) is 0 Å². The van der Waals surface area contributed by atoms with Crippen LogP contribution in [-0.2, 0) is 0 Å². The SMILES string of the molecule is [Cl-].[Cl-].[Cl-].[Mg+2].[Mg+2].[c-]1ccccc1. The zero-order valence-electron chi connectivity index (χ0n) is 5.93. The summed E-state index contributed by atoms with van der Waals surface area (Å²) < 4.78 is 0. The maximum atomic E-state index is 2.89. The van der Waals surface area contributed by atoms with Crippen molar-refractivity contribution in [2.45, 2.75) is 0 Å². The molecule has 5 heteroatoms. The summed E-state index contributed by atoms with van der Waals surface area (Å²) in [5.74, 6) is 0. The quantitative estimate of drug-likeness (QED) is 0.308. The fourth-order valence-electron chi connectivity index (χ4n) is 0.342. The van der Waals surface area contributed by atoms with Crippen molar-refractivity contribution in [3.63, 3.8) is 0 Å². The van der Waals surface area contributed by atoms with E-state index in [-0.39, 0.29) is 83.3 Å². The van der Waals surface area contributed by atoms with Gasteiger partial charge >= 0.3 is 46.1 Å². The van der Waals surface area contributed by atoms with Crippen LogP contribution in [0.1, 0.15) is 0 Å². The van der Waals surface area contributed by atoms with E-state index in [1.165, 1.54) is 0 Å². The van der Waals surface area contributed by atoms with Crippen molar-refractivity contribution >= 4 is 46.1 Å². The largest absolute Gasteiger partial charge is 2.00 e. The summed E-state index contributed by atoms with van der Waals surface area (Å²) in [6.45, 7) is 0. The van der Waals surface area contributed by atoms with Crippen molar-refractivity contribution in [3.8, 4) is 0 Å². The Morgan fingerprint density at radius 1 is 0.636 bits per heavy atom. The minimum absolute atomic E-state index is 0. The first-order chi connectivity index (χ1) is 3.00. The second kappa shape index (κ2) is 22.6. The molecule has 11 heavy (non-hydrogen) atoms. The van der Waals surface area contributed by atoms with Gasteiger partial charge in [0.15, 0.2) is 0 Å². The maximum Gasteiger partial charge on any atom is 2.00 e. The van der Waals surface area contributed by atoms with Gasteiger partial charge in [-0.15, -0.1) is 0 Å². The van der Waals surface area contributed by atoms with Crippen molar-refractivity contribution in [3.05, 3.63) is 36.4 Å². The van der Waals surface area contributed by atoms with Gasteiger partial charge in [0.2, 0.25) is 0 Å². The zero-order chi connectivity index (χ0) is 4.24. The molecule has 0 saturated heterocycles. The van der Waals surface area contributed by atoms with E-state index in [2.05, 4.69) is 6.07 Å². The number of hydrogen-bond donors (Lipinski definition) is 0. The van der Waals surface area contributed by atoms with Gasteiger partial charge in [-0.1, -0.05) is 0 Å². The third-order valence-electron chi connectivity index (χ3n) is 0.607. The molecule has 0 aliphatic rings. The molecule has 0 saturated carbocycles. The summed E-state index contributed by atoms with van der Waals surface area (Å²) in [5.41, 5.74) is 0. The van der Waals surface area contributed by atoms with Crippen molar-refractivity contribution in [2.24, 2.45) is 0 Å².